The van der Waals surface area contributed by atoms with Crippen LogP contribution >= 0.6 is 15.9 Å². The summed E-state index contributed by atoms with van der Waals surface area (Å²) in [6, 6.07) is 4.47. The number of hydrogen-bond acceptors (Lipinski definition) is 4. The van der Waals surface area contributed by atoms with Gasteiger partial charge in [-0.15, -0.1) is 0 Å². The molecule has 1 heterocycles. The van der Waals surface area contributed by atoms with Crippen LogP contribution in [0.4, 0.5) is 4.79 Å². The highest BCUT2D eigenvalue weighted by molar-refractivity contribution is 9.10. The van der Waals surface area contributed by atoms with Crippen molar-refractivity contribution in [3.05, 3.63) is 39.5 Å². The van der Waals surface area contributed by atoms with Crippen LogP contribution < -0.4 is 15.4 Å². The van der Waals surface area contributed by atoms with Crippen LogP contribution in [0.25, 0.3) is 0 Å². The number of rotatable bonds is 6. The highest BCUT2D eigenvalue weighted by Crippen LogP contribution is 2.36. The van der Waals surface area contributed by atoms with Gasteiger partial charge in [-0.25, -0.2) is 9.59 Å². The molecule has 2 amide bonds. The van der Waals surface area contributed by atoms with Gasteiger partial charge in [-0.05, 0) is 31.0 Å². The zero-order valence-corrected chi connectivity index (χ0v) is 15.5. The van der Waals surface area contributed by atoms with Gasteiger partial charge in [0.05, 0.1) is 25.8 Å². The standard InChI is InChI=1S/C17H21BrN2O4/c1-4-5-6-12-14(16(21)24-3)15(20-17(22)19-12)11-9-10(18)7-8-13(11)23-2/h7-9,15H,4-6H2,1-3H3,(H2,19,20,22). The lowest BCUT2D eigenvalue weighted by Gasteiger charge is -2.30. The summed E-state index contributed by atoms with van der Waals surface area (Å²) in [6.07, 6.45) is 2.41. The van der Waals surface area contributed by atoms with Gasteiger partial charge >= 0.3 is 12.0 Å². The number of carbonyl (C=O) groups excluding carboxylic acids is 2. The molecule has 130 valence electrons. The Morgan fingerprint density at radius 2 is 2.08 bits per heavy atom. The average molecular weight is 397 g/mol. The Morgan fingerprint density at radius 1 is 1.33 bits per heavy atom. The number of carbonyl (C=O) groups is 2. The zero-order valence-electron chi connectivity index (χ0n) is 13.9. The van der Waals surface area contributed by atoms with Crippen LogP contribution in [-0.4, -0.2) is 26.2 Å². The molecular weight excluding hydrogens is 376 g/mol. The minimum Gasteiger partial charge on any atom is -0.496 e. The molecule has 7 heteroatoms. The number of urea groups is 1. The Bertz CT molecular complexity index is 673. The van der Waals surface area contributed by atoms with E-state index in [4.69, 9.17) is 9.47 Å². The summed E-state index contributed by atoms with van der Waals surface area (Å²) in [5.41, 5.74) is 1.69. The molecule has 0 fully saturated rings. The second-order valence-electron chi connectivity index (χ2n) is 5.41. The summed E-state index contributed by atoms with van der Waals surface area (Å²) in [6.45, 7) is 2.05. The molecule has 1 aliphatic rings. The second-order valence-corrected chi connectivity index (χ2v) is 6.32. The normalized spacial score (nSPS) is 17.2. The van der Waals surface area contributed by atoms with E-state index >= 15 is 0 Å². The lowest BCUT2D eigenvalue weighted by molar-refractivity contribution is -0.136. The largest absolute Gasteiger partial charge is 0.496 e. The molecule has 0 bridgehead atoms. The SMILES string of the molecule is CCCCC1=C(C(=O)OC)C(c2cc(Br)ccc2OC)NC(=O)N1. The summed E-state index contributed by atoms with van der Waals surface area (Å²) in [5.74, 6) is 0.113. The first-order chi connectivity index (χ1) is 11.5. The van der Waals surface area contributed by atoms with E-state index in [1.807, 2.05) is 12.1 Å². The maximum absolute atomic E-state index is 12.4. The fraction of sp³-hybridized carbons (Fsp3) is 0.412. The van der Waals surface area contributed by atoms with E-state index in [9.17, 15) is 9.59 Å². The molecule has 0 saturated heterocycles. The van der Waals surface area contributed by atoms with Gasteiger partial charge < -0.3 is 20.1 Å². The Kier molecular flexibility index (Phi) is 6.25. The predicted molar refractivity (Wildman–Crippen MR) is 93.7 cm³/mol. The molecule has 0 aliphatic carbocycles. The highest BCUT2D eigenvalue weighted by Gasteiger charge is 2.34. The monoisotopic (exact) mass is 396 g/mol. The van der Waals surface area contributed by atoms with Crippen LogP contribution in [-0.2, 0) is 9.53 Å². The van der Waals surface area contributed by atoms with Gasteiger partial charge in [-0.1, -0.05) is 29.3 Å². The van der Waals surface area contributed by atoms with Gasteiger partial charge in [0.15, 0.2) is 0 Å². The molecule has 6 nitrogen and oxygen atoms in total. The minimum atomic E-state index is -0.634. The fourth-order valence-corrected chi connectivity index (χ4v) is 3.06. The number of amides is 2. The predicted octanol–water partition coefficient (Wildman–Crippen LogP) is 3.43. The van der Waals surface area contributed by atoms with Crippen LogP contribution in [0.3, 0.4) is 0 Å². The first kappa shape index (κ1) is 18.3. The van der Waals surface area contributed by atoms with Crippen LogP contribution in [0.1, 0.15) is 37.8 Å². The number of nitrogens with one attached hydrogen (secondary N) is 2. The summed E-state index contributed by atoms with van der Waals surface area (Å²) < 4.78 is 11.2. The van der Waals surface area contributed by atoms with Crippen LogP contribution in [0.15, 0.2) is 33.9 Å². The Labute approximate surface area is 149 Å². The number of hydrogen-bond donors (Lipinski definition) is 2. The zero-order chi connectivity index (χ0) is 17.7. The van der Waals surface area contributed by atoms with Gasteiger partial charge in [-0.2, -0.15) is 0 Å². The molecule has 0 spiro atoms. The van der Waals surface area contributed by atoms with Crippen LogP contribution in [0, 0.1) is 0 Å². The molecule has 1 unspecified atom stereocenters. The van der Waals surface area contributed by atoms with E-state index in [0.717, 1.165) is 17.3 Å². The molecule has 0 aromatic heterocycles. The summed E-state index contributed by atoms with van der Waals surface area (Å²) >= 11 is 3.42. The molecule has 1 aromatic carbocycles. The molecule has 2 rings (SSSR count). The third-order valence-electron chi connectivity index (χ3n) is 3.84. The van der Waals surface area contributed by atoms with E-state index in [-0.39, 0.29) is 6.03 Å². The van der Waals surface area contributed by atoms with Gasteiger partial charge in [0, 0.05) is 15.7 Å². The quantitative estimate of drug-likeness (QED) is 0.722. The van der Waals surface area contributed by atoms with Crippen molar-refractivity contribution in [2.24, 2.45) is 0 Å². The molecule has 1 atom stereocenters. The Balaban J connectivity index is 2.58. The van der Waals surface area contributed by atoms with Crippen molar-refractivity contribution in [1.29, 1.82) is 0 Å². The summed E-state index contributed by atoms with van der Waals surface area (Å²) in [4.78, 5) is 24.5. The Morgan fingerprint density at radius 3 is 2.71 bits per heavy atom. The summed E-state index contributed by atoms with van der Waals surface area (Å²) in [5, 5.41) is 5.54. The highest BCUT2D eigenvalue weighted by atomic mass is 79.9. The number of allylic oxidation sites excluding steroid dienone is 1. The molecule has 1 aliphatic heterocycles. The molecule has 0 radical (unpaired) electrons. The molecule has 24 heavy (non-hydrogen) atoms. The van der Waals surface area contributed by atoms with Gasteiger partial charge in [-0.3, -0.25) is 0 Å². The maximum Gasteiger partial charge on any atom is 0.337 e. The average Bonchev–Trinajstić information content (AvgIpc) is 2.58. The van der Waals surface area contributed by atoms with Crippen LogP contribution in [0.2, 0.25) is 0 Å². The van der Waals surface area contributed by atoms with E-state index < -0.39 is 12.0 Å². The number of unbranched alkanes of at least 4 members (excludes halogenated alkanes) is 1. The third-order valence-corrected chi connectivity index (χ3v) is 4.34. The number of methoxy groups -OCH3 is 2. The van der Waals surface area contributed by atoms with E-state index in [0.29, 0.717) is 29.0 Å². The lowest BCUT2D eigenvalue weighted by Crippen LogP contribution is -2.46. The molecule has 1 aromatic rings. The molecular formula is C17H21BrN2O4. The van der Waals surface area contributed by atoms with Crippen molar-refractivity contribution in [3.8, 4) is 5.75 Å². The fourth-order valence-electron chi connectivity index (χ4n) is 2.68. The van der Waals surface area contributed by atoms with Crippen molar-refractivity contribution in [2.45, 2.75) is 32.2 Å². The first-order valence-electron chi connectivity index (χ1n) is 7.74. The number of benzene rings is 1. The van der Waals surface area contributed by atoms with Gasteiger partial charge in [0.25, 0.3) is 0 Å². The summed E-state index contributed by atoms with van der Waals surface area (Å²) in [7, 11) is 2.88. The smallest absolute Gasteiger partial charge is 0.337 e. The van der Waals surface area contributed by atoms with Gasteiger partial charge in [0.1, 0.15) is 5.75 Å². The van der Waals surface area contributed by atoms with Crippen molar-refractivity contribution in [3.63, 3.8) is 0 Å². The van der Waals surface area contributed by atoms with Gasteiger partial charge in [0.2, 0.25) is 0 Å². The lowest BCUT2D eigenvalue weighted by atomic mass is 9.93. The molecule has 0 saturated carbocycles. The van der Waals surface area contributed by atoms with Crippen molar-refractivity contribution in [1.82, 2.24) is 10.6 Å². The third kappa shape index (κ3) is 3.90. The van der Waals surface area contributed by atoms with E-state index in [1.165, 1.54) is 7.11 Å². The van der Waals surface area contributed by atoms with Crippen molar-refractivity contribution in [2.75, 3.05) is 14.2 Å². The van der Waals surface area contributed by atoms with Crippen molar-refractivity contribution < 1.29 is 19.1 Å². The van der Waals surface area contributed by atoms with Crippen LogP contribution in [0.5, 0.6) is 5.75 Å². The number of halogens is 1. The second kappa shape index (κ2) is 8.19. The number of esters is 1. The Hall–Kier alpha value is -2.02. The topological polar surface area (TPSA) is 76.7 Å². The van der Waals surface area contributed by atoms with E-state index in [2.05, 4.69) is 33.5 Å². The molecule has 2 N–H and O–H groups in total. The first-order valence-corrected chi connectivity index (χ1v) is 8.53. The van der Waals surface area contributed by atoms with E-state index in [1.54, 1.807) is 13.2 Å². The van der Waals surface area contributed by atoms with Crippen molar-refractivity contribution >= 4 is 27.9 Å². The maximum atomic E-state index is 12.4. The minimum absolute atomic E-state index is 0.346. The number of ether oxygens (including phenoxy) is 2.